The molecule has 2 heterocycles. The number of aryl methyl sites for hydroxylation is 2. The van der Waals surface area contributed by atoms with Crippen LogP contribution in [0, 0.1) is 13.8 Å². The number of thiazole rings is 1. The van der Waals surface area contributed by atoms with E-state index in [1.165, 1.54) is 18.4 Å². The number of hydrogen-bond donors (Lipinski definition) is 1. The quantitative estimate of drug-likeness (QED) is 0.858. The summed E-state index contributed by atoms with van der Waals surface area (Å²) in [5.74, 6) is -1.00. The second-order valence-corrected chi connectivity index (χ2v) is 6.90. The molecular formula is C16H16N2O3S. The number of aliphatic hydroxyl groups is 1. The van der Waals surface area contributed by atoms with Crippen molar-refractivity contribution in [3.05, 3.63) is 51.0 Å². The topological polar surface area (TPSA) is 70.5 Å². The first kappa shape index (κ1) is 14.9. The van der Waals surface area contributed by atoms with Crippen molar-refractivity contribution in [1.82, 2.24) is 9.88 Å². The molecule has 0 saturated carbocycles. The summed E-state index contributed by atoms with van der Waals surface area (Å²) in [5, 5.41) is 12.0. The number of imide groups is 1. The zero-order chi connectivity index (χ0) is 16.1. The number of rotatable bonds is 2. The van der Waals surface area contributed by atoms with Gasteiger partial charge in [-0.05, 0) is 19.9 Å². The summed E-state index contributed by atoms with van der Waals surface area (Å²) in [6, 6.07) is 6.70. The number of nitrogens with zero attached hydrogens (tertiary/aromatic N) is 2. The largest absolute Gasteiger partial charge is 0.375 e. The number of amides is 2. The highest BCUT2D eigenvalue weighted by Gasteiger charge is 2.48. The van der Waals surface area contributed by atoms with Crippen LogP contribution in [0.5, 0.6) is 0 Å². The predicted octanol–water partition coefficient (Wildman–Crippen LogP) is 1.80. The molecule has 0 aliphatic carbocycles. The van der Waals surface area contributed by atoms with Gasteiger partial charge < -0.3 is 5.11 Å². The second kappa shape index (κ2) is 5.00. The number of carbonyl (C=O) groups is 2. The third-order valence-corrected chi connectivity index (χ3v) is 4.92. The van der Waals surface area contributed by atoms with Crippen LogP contribution in [0.25, 0.3) is 0 Å². The lowest BCUT2D eigenvalue weighted by Crippen LogP contribution is -2.54. The molecule has 0 spiro atoms. The van der Waals surface area contributed by atoms with Gasteiger partial charge in [-0.25, -0.2) is 4.98 Å². The van der Waals surface area contributed by atoms with E-state index >= 15 is 0 Å². The van der Waals surface area contributed by atoms with Crippen molar-refractivity contribution in [2.75, 3.05) is 7.05 Å². The van der Waals surface area contributed by atoms with Gasteiger partial charge in [-0.2, -0.15) is 0 Å². The molecule has 5 nitrogen and oxygen atoms in total. The molecule has 1 N–H and O–H groups in total. The van der Waals surface area contributed by atoms with E-state index in [1.54, 1.807) is 24.3 Å². The van der Waals surface area contributed by atoms with E-state index in [1.807, 2.05) is 13.8 Å². The third kappa shape index (κ3) is 2.07. The van der Waals surface area contributed by atoms with Gasteiger partial charge in [0.2, 0.25) is 0 Å². The Kier molecular flexibility index (Phi) is 3.38. The van der Waals surface area contributed by atoms with Gasteiger partial charge in [0.05, 0.1) is 10.7 Å². The van der Waals surface area contributed by atoms with Crippen LogP contribution in [0.2, 0.25) is 0 Å². The summed E-state index contributed by atoms with van der Waals surface area (Å²) in [6.07, 6.45) is 0.0661. The molecule has 0 saturated heterocycles. The maximum atomic E-state index is 12.6. The SMILES string of the molecule is Cc1nc(C[C@]2(O)C(=O)N(C)C(=O)c3ccccc32)c(C)s1. The van der Waals surface area contributed by atoms with E-state index in [2.05, 4.69) is 4.98 Å². The Hall–Kier alpha value is -2.05. The van der Waals surface area contributed by atoms with E-state index in [0.717, 1.165) is 14.8 Å². The smallest absolute Gasteiger partial charge is 0.266 e. The van der Waals surface area contributed by atoms with E-state index in [9.17, 15) is 14.7 Å². The number of likely N-dealkylation sites (N-methyl/N-ethyl adjacent to an activating group) is 1. The Bertz CT molecular complexity index is 783. The molecule has 1 atom stereocenters. The van der Waals surface area contributed by atoms with Gasteiger partial charge in [0.1, 0.15) is 0 Å². The van der Waals surface area contributed by atoms with Gasteiger partial charge in [0, 0.05) is 29.5 Å². The van der Waals surface area contributed by atoms with Crippen LogP contribution < -0.4 is 0 Å². The average molecular weight is 316 g/mol. The van der Waals surface area contributed by atoms with Gasteiger partial charge >= 0.3 is 0 Å². The van der Waals surface area contributed by atoms with Crippen LogP contribution in [0.15, 0.2) is 24.3 Å². The molecule has 1 aliphatic rings. The van der Waals surface area contributed by atoms with Gasteiger partial charge in [-0.3, -0.25) is 14.5 Å². The van der Waals surface area contributed by atoms with Gasteiger partial charge in [0.15, 0.2) is 5.60 Å². The zero-order valence-electron chi connectivity index (χ0n) is 12.6. The molecule has 2 amide bonds. The van der Waals surface area contributed by atoms with E-state index in [4.69, 9.17) is 0 Å². The average Bonchev–Trinajstić information content (AvgIpc) is 2.81. The van der Waals surface area contributed by atoms with Crippen molar-refractivity contribution in [2.24, 2.45) is 0 Å². The molecule has 0 radical (unpaired) electrons. The Labute approximate surface area is 132 Å². The maximum absolute atomic E-state index is 12.6. The van der Waals surface area contributed by atoms with Crippen molar-refractivity contribution in [2.45, 2.75) is 25.9 Å². The van der Waals surface area contributed by atoms with E-state index < -0.39 is 17.4 Å². The van der Waals surface area contributed by atoms with Crippen molar-refractivity contribution < 1.29 is 14.7 Å². The molecule has 1 aromatic heterocycles. The van der Waals surface area contributed by atoms with E-state index in [-0.39, 0.29) is 6.42 Å². The minimum atomic E-state index is -1.76. The second-order valence-electron chi connectivity index (χ2n) is 5.49. The summed E-state index contributed by atoms with van der Waals surface area (Å²) < 4.78 is 0. The van der Waals surface area contributed by atoms with Crippen LogP contribution in [-0.2, 0) is 16.8 Å². The number of hydrogen-bond acceptors (Lipinski definition) is 5. The predicted molar refractivity (Wildman–Crippen MR) is 82.7 cm³/mol. The zero-order valence-corrected chi connectivity index (χ0v) is 13.4. The van der Waals surface area contributed by atoms with Gasteiger partial charge in [0.25, 0.3) is 11.8 Å². The first-order valence-electron chi connectivity index (χ1n) is 6.92. The van der Waals surface area contributed by atoms with Crippen LogP contribution in [0.4, 0.5) is 0 Å². The molecule has 3 rings (SSSR count). The molecule has 114 valence electrons. The molecule has 0 unspecified atom stereocenters. The van der Waals surface area contributed by atoms with Crippen LogP contribution in [0.3, 0.4) is 0 Å². The lowest BCUT2D eigenvalue weighted by Gasteiger charge is -2.36. The molecule has 6 heteroatoms. The van der Waals surface area contributed by atoms with Gasteiger partial charge in [-0.1, -0.05) is 18.2 Å². The Morgan fingerprint density at radius 2 is 1.95 bits per heavy atom. The van der Waals surface area contributed by atoms with Crippen LogP contribution >= 0.6 is 11.3 Å². The molecule has 22 heavy (non-hydrogen) atoms. The maximum Gasteiger partial charge on any atom is 0.266 e. The molecule has 1 aliphatic heterocycles. The molecular weight excluding hydrogens is 300 g/mol. The first-order valence-corrected chi connectivity index (χ1v) is 7.73. The minimum absolute atomic E-state index is 0.0661. The first-order chi connectivity index (χ1) is 10.3. The number of benzene rings is 1. The monoisotopic (exact) mass is 316 g/mol. The molecule has 1 aromatic carbocycles. The molecule has 0 fully saturated rings. The van der Waals surface area contributed by atoms with E-state index in [0.29, 0.717) is 16.8 Å². The Balaban J connectivity index is 2.15. The molecule has 0 bridgehead atoms. The van der Waals surface area contributed by atoms with Crippen LogP contribution in [-0.4, -0.2) is 33.9 Å². The van der Waals surface area contributed by atoms with Crippen molar-refractivity contribution >= 4 is 23.2 Å². The van der Waals surface area contributed by atoms with Gasteiger partial charge in [-0.15, -0.1) is 11.3 Å². The fourth-order valence-electron chi connectivity index (χ4n) is 2.85. The Morgan fingerprint density at radius 1 is 1.27 bits per heavy atom. The van der Waals surface area contributed by atoms with Crippen molar-refractivity contribution in [3.63, 3.8) is 0 Å². The normalized spacial score (nSPS) is 21.2. The minimum Gasteiger partial charge on any atom is -0.375 e. The molecule has 2 aromatic rings. The van der Waals surface area contributed by atoms with Crippen molar-refractivity contribution in [3.8, 4) is 0 Å². The highest BCUT2D eigenvalue weighted by molar-refractivity contribution is 7.11. The number of carbonyl (C=O) groups excluding carboxylic acids is 2. The highest BCUT2D eigenvalue weighted by atomic mass is 32.1. The fraction of sp³-hybridized carbons (Fsp3) is 0.312. The summed E-state index contributed by atoms with van der Waals surface area (Å²) >= 11 is 1.53. The van der Waals surface area contributed by atoms with Crippen LogP contribution in [0.1, 0.15) is 31.5 Å². The standard InChI is InChI=1S/C16H16N2O3S/c1-9-13(17-10(2)22-9)8-16(21)12-7-5-4-6-11(12)14(19)18(3)15(16)20/h4-7,21H,8H2,1-3H3/t16-/m1/s1. The summed E-state index contributed by atoms with van der Waals surface area (Å²) in [7, 11) is 1.39. The highest BCUT2D eigenvalue weighted by Crippen LogP contribution is 2.36. The third-order valence-electron chi connectivity index (χ3n) is 3.99. The summed E-state index contributed by atoms with van der Waals surface area (Å²) in [5.41, 5.74) is -0.356. The van der Waals surface area contributed by atoms with Crippen molar-refractivity contribution in [1.29, 1.82) is 0 Å². The Morgan fingerprint density at radius 3 is 2.59 bits per heavy atom. The lowest BCUT2D eigenvalue weighted by molar-refractivity contribution is -0.149. The summed E-state index contributed by atoms with van der Waals surface area (Å²) in [4.78, 5) is 31.1. The fourth-order valence-corrected chi connectivity index (χ4v) is 3.68. The number of fused-ring (bicyclic) bond motifs is 1. The lowest BCUT2D eigenvalue weighted by atomic mass is 9.81. The summed E-state index contributed by atoms with van der Waals surface area (Å²) in [6.45, 7) is 3.80. The number of aromatic nitrogens is 1.